The van der Waals surface area contributed by atoms with E-state index in [0.29, 0.717) is 11.8 Å². The maximum absolute atomic E-state index is 13.1. The van der Waals surface area contributed by atoms with E-state index < -0.39 is 0 Å². The van der Waals surface area contributed by atoms with Gasteiger partial charge in [-0.3, -0.25) is 0 Å². The molecule has 2 bridgehead atoms. The van der Waals surface area contributed by atoms with E-state index in [2.05, 4.69) is 22.3 Å². The third-order valence-corrected chi connectivity index (χ3v) is 6.56. The lowest BCUT2D eigenvalue weighted by molar-refractivity contribution is -0.513. The van der Waals surface area contributed by atoms with Gasteiger partial charge in [-0.25, -0.2) is 0 Å². The van der Waals surface area contributed by atoms with Crippen LogP contribution < -0.4 is 5.32 Å². The van der Waals surface area contributed by atoms with E-state index in [1.54, 1.807) is 0 Å². The highest BCUT2D eigenvalue weighted by Gasteiger charge is 2.56. The minimum atomic E-state index is 0.171. The van der Waals surface area contributed by atoms with Crippen LogP contribution in [0.5, 0.6) is 0 Å². The Kier molecular flexibility index (Phi) is 2.92. The number of hydrogen-bond acceptors (Lipinski definition) is 3. The van der Waals surface area contributed by atoms with Crippen molar-refractivity contribution in [2.24, 2.45) is 11.8 Å². The SMILES string of the molecule is O=[N+]1c2cccc3c2C(CCNC3)[C@H]1C1CN2CCC1CC2. The van der Waals surface area contributed by atoms with Gasteiger partial charge in [0.05, 0.1) is 5.92 Å². The molecule has 3 atom stereocenters. The molecule has 0 radical (unpaired) electrons. The van der Waals surface area contributed by atoms with E-state index in [0.717, 1.165) is 37.7 Å². The van der Waals surface area contributed by atoms with E-state index in [4.69, 9.17) is 0 Å². The third kappa shape index (κ3) is 1.77. The smallest absolute Gasteiger partial charge is 0.260 e. The number of hydrogen-bond donors (Lipinski definition) is 1. The fraction of sp³-hybridized carbons (Fsp3) is 0.667. The quantitative estimate of drug-likeness (QED) is 0.809. The maximum atomic E-state index is 13.1. The largest absolute Gasteiger partial charge is 0.313 e. The second-order valence-electron chi connectivity index (χ2n) is 7.54. The number of benzene rings is 1. The third-order valence-electron chi connectivity index (χ3n) is 6.56. The molecule has 0 saturated carbocycles. The fourth-order valence-electron chi connectivity index (χ4n) is 5.53. The minimum Gasteiger partial charge on any atom is -0.313 e. The first-order valence-corrected chi connectivity index (χ1v) is 8.84. The molecule has 1 aromatic rings. The summed E-state index contributed by atoms with van der Waals surface area (Å²) >= 11 is 0. The molecule has 0 aliphatic carbocycles. The highest BCUT2D eigenvalue weighted by molar-refractivity contribution is 5.51. The van der Waals surface area contributed by atoms with Crippen LogP contribution in [0.3, 0.4) is 0 Å². The van der Waals surface area contributed by atoms with Crippen molar-refractivity contribution in [1.29, 1.82) is 0 Å². The van der Waals surface area contributed by atoms with Crippen LogP contribution >= 0.6 is 0 Å². The first-order chi connectivity index (χ1) is 10.8. The zero-order valence-electron chi connectivity index (χ0n) is 13.0. The molecule has 22 heavy (non-hydrogen) atoms. The summed E-state index contributed by atoms with van der Waals surface area (Å²) in [6.07, 6.45) is 3.70. The molecule has 5 aliphatic rings. The Morgan fingerprint density at radius 3 is 2.82 bits per heavy atom. The summed E-state index contributed by atoms with van der Waals surface area (Å²) in [7, 11) is 0. The van der Waals surface area contributed by atoms with Gasteiger partial charge < -0.3 is 10.2 Å². The molecule has 116 valence electrons. The molecule has 0 spiro atoms. The summed E-state index contributed by atoms with van der Waals surface area (Å²) in [5.41, 5.74) is 3.68. The molecule has 0 aromatic heterocycles. The Morgan fingerprint density at radius 1 is 1.18 bits per heavy atom. The van der Waals surface area contributed by atoms with Crippen molar-refractivity contribution in [2.45, 2.75) is 37.8 Å². The summed E-state index contributed by atoms with van der Waals surface area (Å²) in [6.45, 7) is 5.58. The molecule has 3 fully saturated rings. The Balaban J connectivity index is 1.57. The molecule has 3 saturated heterocycles. The van der Waals surface area contributed by atoms with E-state index in [1.807, 2.05) is 6.07 Å². The second-order valence-corrected chi connectivity index (χ2v) is 7.54. The van der Waals surface area contributed by atoms with Crippen molar-refractivity contribution in [3.63, 3.8) is 0 Å². The predicted molar refractivity (Wildman–Crippen MR) is 85.2 cm³/mol. The molecule has 4 heteroatoms. The van der Waals surface area contributed by atoms with E-state index in [-0.39, 0.29) is 6.04 Å². The fourth-order valence-corrected chi connectivity index (χ4v) is 5.53. The molecule has 5 heterocycles. The van der Waals surface area contributed by atoms with Gasteiger partial charge in [-0.2, -0.15) is 0 Å². The molecule has 1 N–H and O–H groups in total. The normalized spacial score (nSPS) is 39.6. The predicted octanol–water partition coefficient (Wildman–Crippen LogP) is 2.40. The van der Waals surface area contributed by atoms with Crippen molar-refractivity contribution in [2.75, 3.05) is 26.2 Å². The van der Waals surface area contributed by atoms with Crippen LogP contribution in [0.2, 0.25) is 0 Å². The lowest BCUT2D eigenvalue weighted by atomic mass is 9.71. The minimum absolute atomic E-state index is 0.171. The average Bonchev–Trinajstić information content (AvgIpc) is 2.72. The topological polar surface area (TPSA) is 35.4 Å². The monoisotopic (exact) mass is 298 g/mol. The Bertz CT molecular complexity index is 621. The van der Waals surface area contributed by atoms with Crippen molar-refractivity contribution >= 4 is 5.69 Å². The van der Waals surface area contributed by atoms with Crippen molar-refractivity contribution in [1.82, 2.24) is 10.2 Å². The molecule has 4 nitrogen and oxygen atoms in total. The van der Waals surface area contributed by atoms with Gasteiger partial charge in [0.15, 0.2) is 0 Å². The number of nitroso groups, excluding NO2 is 1. The van der Waals surface area contributed by atoms with Crippen molar-refractivity contribution in [3.8, 4) is 0 Å². The molecule has 5 aliphatic heterocycles. The van der Waals surface area contributed by atoms with E-state index in [1.165, 1.54) is 41.8 Å². The van der Waals surface area contributed by atoms with Gasteiger partial charge >= 0.3 is 0 Å². The highest BCUT2D eigenvalue weighted by atomic mass is 16.3. The van der Waals surface area contributed by atoms with Gasteiger partial charge in [0.25, 0.3) is 5.69 Å². The first-order valence-electron chi connectivity index (χ1n) is 8.84. The number of piperidine rings is 3. The lowest BCUT2D eigenvalue weighted by Gasteiger charge is -2.45. The van der Waals surface area contributed by atoms with Crippen LogP contribution in [0.15, 0.2) is 18.2 Å². The van der Waals surface area contributed by atoms with Crippen LogP contribution in [-0.2, 0) is 6.54 Å². The van der Waals surface area contributed by atoms with Crippen LogP contribution in [0, 0.1) is 16.7 Å². The van der Waals surface area contributed by atoms with E-state index in [9.17, 15) is 4.91 Å². The Labute approximate surface area is 131 Å². The molecule has 0 amide bonds. The van der Waals surface area contributed by atoms with Crippen LogP contribution in [0.25, 0.3) is 0 Å². The number of fused-ring (bicyclic) bond motifs is 3. The summed E-state index contributed by atoms with van der Waals surface area (Å²) < 4.78 is 1.40. The number of nitrogens with zero attached hydrogens (tertiary/aromatic N) is 2. The zero-order valence-corrected chi connectivity index (χ0v) is 13.0. The van der Waals surface area contributed by atoms with E-state index >= 15 is 0 Å². The van der Waals surface area contributed by atoms with Gasteiger partial charge in [0, 0.05) is 40.3 Å². The molecular formula is C18H24N3O+. The number of rotatable bonds is 1. The van der Waals surface area contributed by atoms with Crippen molar-refractivity contribution in [3.05, 3.63) is 34.2 Å². The average molecular weight is 298 g/mol. The molecule has 1 aromatic carbocycles. The zero-order chi connectivity index (χ0) is 14.7. The number of nitrogens with one attached hydrogen (secondary N) is 1. The van der Waals surface area contributed by atoms with Crippen molar-refractivity contribution < 1.29 is 4.76 Å². The maximum Gasteiger partial charge on any atom is 0.260 e. The summed E-state index contributed by atoms with van der Waals surface area (Å²) in [5.74, 6) is 1.76. The summed E-state index contributed by atoms with van der Waals surface area (Å²) in [6, 6.07) is 6.48. The molecule has 2 unspecified atom stereocenters. The van der Waals surface area contributed by atoms with Crippen LogP contribution in [0.1, 0.15) is 36.3 Å². The van der Waals surface area contributed by atoms with Gasteiger partial charge in [0.1, 0.15) is 0 Å². The van der Waals surface area contributed by atoms with Gasteiger partial charge in [0.2, 0.25) is 6.04 Å². The summed E-state index contributed by atoms with van der Waals surface area (Å²) in [4.78, 5) is 15.7. The molecular weight excluding hydrogens is 274 g/mol. The summed E-state index contributed by atoms with van der Waals surface area (Å²) in [5, 5.41) is 3.54. The first kappa shape index (κ1) is 13.2. The van der Waals surface area contributed by atoms with Crippen LogP contribution in [0.4, 0.5) is 5.69 Å². The Hall–Kier alpha value is -1.26. The van der Waals surface area contributed by atoms with Crippen LogP contribution in [-0.4, -0.2) is 41.9 Å². The second kappa shape index (κ2) is 4.87. The highest BCUT2D eigenvalue weighted by Crippen LogP contribution is 2.50. The standard InChI is InChI=1S/C18H24N3O/c22-21-16-3-1-2-13-10-19-7-4-14(17(13)16)18(21)15-11-20-8-5-12(15)6-9-20/h1-3,12,14-15,18-19H,4-11H2/q+1/t14?,15?,18-/m0/s1. The lowest BCUT2D eigenvalue weighted by Crippen LogP contribution is -2.53. The van der Waals surface area contributed by atoms with Gasteiger partial charge in [-0.1, -0.05) is 12.1 Å². The van der Waals surface area contributed by atoms with Gasteiger partial charge in [-0.15, -0.1) is 0 Å². The molecule has 6 rings (SSSR count). The Morgan fingerprint density at radius 2 is 2.05 bits per heavy atom. The van der Waals surface area contributed by atoms with Gasteiger partial charge in [-0.05, 0) is 50.4 Å².